The van der Waals surface area contributed by atoms with Gasteiger partial charge in [0, 0.05) is 27.3 Å². The SMILES string of the molecule is c1ccc(-c2nc(-c3ccc4c(ccc5cccc(-c6ccccc6)c54)c3)nc(-c3ccc4ccc5ccc6cccc7c6c5c4c3O7)n2)cc1. The van der Waals surface area contributed by atoms with E-state index in [4.69, 9.17) is 19.7 Å². The minimum atomic E-state index is 0.573. The Kier molecular flexibility index (Phi) is 5.92. The summed E-state index contributed by atoms with van der Waals surface area (Å²) in [5.74, 6) is 3.42. The first-order valence-corrected chi connectivity index (χ1v) is 17.2. The second-order valence-electron chi connectivity index (χ2n) is 13.2. The van der Waals surface area contributed by atoms with E-state index in [9.17, 15) is 0 Å². The van der Waals surface area contributed by atoms with Crippen molar-refractivity contribution in [1.29, 1.82) is 0 Å². The lowest BCUT2D eigenvalue weighted by Gasteiger charge is -2.22. The van der Waals surface area contributed by atoms with Crippen LogP contribution in [-0.2, 0) is 0 Å². The number of hydrogen-bond donors (Lipinski definition) is 0. The van der Waals surface area contributed by atoms with Gasteiger partial charge in [0.2, 0.25) is 0 Å². The van der Waals surface area contributed by atoms with Gasteiger partial charge in [-0.05, 0) is 67.0 Å². The van der Waals surface area contributed by atoms with Crippen LogP contribution in [0.1, 0.15) is 0 Å². The molecule has 0 amide bonds. The van der Waals surface area contributed by atoms with Crippen LogP contribution in [-0.4, -0.2) is 15.0 Å². The molecule has 0 spiro atoms. The highest BCUT2D eigenvalue weighted by Gasteiger charge is 2.24. The molecule has 1 aliphatic rings. The summed E-state index contributed by atoms with van der Waals surface area (Å²) >= 11 is 0. The van der Waals surface area contributed by atoms with Crippen LogP contribution in [0.4, 0.5) is 0 Å². The molecule has 0 fully saturated rings. The van der Waals surface area contributed by atoms with Crippen LogP contribution in [0.15, 0.2) is 164 Å². The van der Waals surface area contributed by atoms with Crippen LogP contribution in [0.5, 0.6) is 11.5 Å². The molecule has 0 saturated carbocycles. The van der Waals surface area contributed by atoms with Crippen molar-refractivity contribution in [2.45, 2.75) is 0 Å². The van der Waals surface area contributed by atoms with Crippen molar-refractivity contribution < 1.29 is 4.74 Å². The molecule has 0 radical (unpaired) electrons. The highest BCUT2D eigenvalue weighted by atomic mass is 16.5. The van der Waals surface area contributed by atoms with Gasteiger partial charge in [-0.15, -0.1) is 0 Å². The molecule has 4 nitrogen and oxygen atoms in total. The molecule has 0 atom stereocenters. The highest BCUT2D eigenvalue weighted by molar-refractivity contribution is 6.26. The predicted octanol–water partition coefficient (Wildman–Crippen LogP) is 12.4. The zero-order valence-corrected chi connectivity index (χ0v) is 27.3. The lowest BCUT2D eigenvalue weighted by Crippen LogP contribution is -2.03. The van der Waals surface area contributed by atoms with Gasteiger partial charge in [-0.25, -0.2) is 15.0 Å². The molecule has 9 aromatic carbocycles. The fraction of sp³-hybridized carbons (Fsp3) is 0. The molecule has 10 aromatic rings. The summed E-state index contributed by atoms with van der Waals surface area (Å²) in [5.41, 5.74) is 5.10. The molecule has 11 rings (SSSR count). The van der Waals surface area contributed by atoms with E-state index in [1.54, 1.807) is 0 Å². The van der Waals surface area contributed by atoms with Crippen molar-refractivity contribution in [2.24, 2.45) is 0 Å². The van der Waals surface area contributed by atoms with Crippen molar-refractivity contribution in [3.05, 3.63) is 164 Å². The van der Waals surface area contributed by atoms with E-state index in [0.29, 0.717) is 17.5 Å². The van der Waals surface area contributed by atoms with E-state index < -0.39 is 0 Å². The Morgan fingerprint density at radius 3 is 1.69 bits per heavy atom. The first-order valence-electron chi connectivity index (χ1n) is 17.2. The van der Waals surface area contributed by atoms with Crippen molar-refractivity contribution in [3.8, 4) is 56.8 Å². The second kappa shape index (κ2) is 10.8. The third-order valence-electron chi connectivity index (χ3n) is 10.2. The first-order chi connectivity index (χ1) is 25.3. The number of ether oxygens (including phenoxy) is 1. The van der Waals surface area contributed by atoms with Crippen LogP contribution in [0.2, 0.25) is 0 Å². The highest BCUT2D eigenvalue weighted by Crippen LogP contribution is 2.50. The summed E-state index contributed by atoms with van der Waals surface area (Å²) in [5, 5.41) is 11.7. The maximum atomic E-state index is 6.81. The van der Waals surface area contributed by atoms with Gasteiger partial charge < -0.3 is 4.74 Å². The number of fused-ring (bicyclic) bond motifs is 3. The average molecular weight is 650 g/mol. The minimum Gasteiger partial charge on any atom is -0.455 e. The Balaban J connectivity index is 1.14. The van der Waals surface area contributed by atoms with Gasteiger partial charge in [-0.3, -0.25) is 0 Å². The van der Waals surface area contributed by atoms with E-state index in [1.165, 1.54) is 38.1 Å². The quantitative estimate of drug-likeness (QED) is 0.178. The standard InChI is InChI=1S/C47H27N3O/c1-3-9-28(10-4-1)36-15-7-13-29-21-22-34-27-35(24-25-37(34)40(29)36)46-48-45(33-11-5-2-6-12-33)49-47(50-46)38-26-23-32-20-19-31-18-17-30-14-8-16-39-41(30)42(31)43(32)44(38)51-39/h1-27H. The summed E-state index contributed by atoms with van der Waals surface area (Å²) in [6.45, 7) is 0. The Hall–Kier alpha value is -6.91. The zero-order valence-electron chi connectivity index (χ0n) is 27.3. The van der Waals surface area contributed by atoms with E-state index in [2.05, 4.69) is 133 Å². The van der Waals surface area contributed by atoms with Gasteiger partial charge in [0.15, 0.2) is 17.5 Å². The van der Waals surface area contributed by atoms with Gasteiger partial charge in [-0.1, -0.05) is 146 Å². The van der Waals surface area contributed by atoms with Crippen LogP contribution in [0.3, 0.4) is 0 Å². The molecule has 0 bridgehead atoms. The van der Waals surface area contributed by atoms with E-state index in [1.807, 2.05) is 30.3 Å². The van der Waals surface area contributed by atoms with E-state index in [0.717, 1.165) is 55.1 Å². The Bertz CT molecular complexity index is 3040. The molecule has 1 aliphatic heterocycles. The molecule has 2 heterocycles. The molecule has 0 saturated heterocycles. The van der Waals surface area contributed by atoms with Crippen molar-refractivity contribution in [3.63, 3.8) is 0 Å². The molecule has 51 heavy (non-hydrogen) atoms. The summed E-state index contributed by atoms with van der Waals surface area (Å²) in [4.78, 5) is 15.4. The molecular formula is C47H27N3O. The maximum absolute atomic E-state index is 6.81. The summed E-state index contributed by atoms with van der Waals surface area (Å²) in [6, 6.07) is 57.4. The number of rotatable bonds is 4. The van der Waals surface area contributed by atoms with Gasteiger partial charge in [0.25, 0.3) is 0 Å². The molecule has 0 aliphatic carbocycles. The number of benzene rings is 9. The lowest BCUT2D eigenvalue weighted by atomic mass is 9.92. The average Bonchev–Trinajstić information content (AvgIpc) is 3.20. The maximum Gasteiger partial charge on any atom is 0.167 e. The van der Waals surface area contributed by atoms with Crippen molar-refractivity contribution in [2.75, 3.05) is 0 Å². The Morgan fingerprint density at radius 1 is 0.333 bits per heavy atom. The largest absolute Gasteiger partial charge is 0.455 e. The number of hydrogen-bond acceptors (Lipinski definition) is 4. The van der Waals surface area contributed by atoms with Crippen molar-refractivity contribution >= 4 is 53.9 Å². The summed E-state index contributed by atoms with van der Waals surface area (Å²) in [7, 11) is 0. The van der Waals surface area contributed by atoms with Crippen LogP contribution < -0.4 is 4.74 Å². The fourth-order valence-corrected chi connectivity index (χ4v) is 7.88. The zero-order chi connectivity index (χ0) is 33.5. The summed E-state index contributed by atoms with van der Waals surface area (Å²) in [6.07, 6.45) is 0. The molecule has 236 valence electrons. The topological polar surface area (TPSA) is 47.9 Å². The molecule has 1 aromatic heterocycles. The van der Waals surface area contributed by atoms with E-state index in [-0.39, 0.29) is 0 Å². The van der Waals surface area contributed by atoms with Crippen LogP contribution in [0, 0.1) is 0 Å². The second-order valence-corrected chi connectivity index (χ2v) is 13.2. The Labute approximate surface area is 293 Å². The van der Waals surface area contributed by atoms with Gasteiger partial charge in [0.05, 0.1) is 5.56 Å². The normalized spacial score (nSPS) is 12.1. The monoisotopic (exact) mass is 649 g/mol. The third kappa shape index (κ3) is 4.30. The van der Waals surface area contributed by atoms with Gasteiger partial charge >= 0.3 is 0 Å². The molecule has 0 N–H and O–H groups in total. The molecular weight excluding hydrogens is 623 g/mol. The fourth-order valence-electron chi connectivity index (χ4n) is 7.88. The summed E-state index contributed by atoms with van der Waals surface area (Å²) < 4.78 is 6.81. The predicted molar refractivity (Wildman–Crippen MR) is 209 cm³/mol. The van der Waals surface area contributed by atoms with Crippen LogP contribution >= 0.6 is 0 Å². The lowest BCUT2D eigenvalue weighted by molar-refractivity contribution is 0.494. The smallest absolute Gasteiger partial charge is 0.167 e. The first kappa shape index (κ1) is 28.0. The molecule has 0 unspecified atom stereocenters. The van der Waals surface area contributed by atoms with Crippen LogP contribution in [0.25, 0.3) is 99.2 Å². The van der Waals surface area contributed by atoms with Crippen molar-refractivity contribution in [1.82, 2.24) is 15.0 Å². The minimum absolute atomic E-state index is 0.573. The van der Waals surface area contributed by atoms with Gasteiger partial charge in [0.1, 0.15) is 11.5 Å². The number of nitrogens with zero attached hydrogens (tertiary/aromatic N) is 3. The van der Waals surface area contributed by atoms with Gasteiger partial charge in [-0.2, -0.15) is 0 Å². The number of aromatic nitrogens is 3. The molecule has 4 heteroatoms. The Morgan fingerprint density at radius 2 is 0.922 bits per heavy atom. The van der Waals surface area contributed by atoms with E-state index >= 15 is 0 Å². The third-order valence-corrected chi connectivity index (χ3v) is 10.2.